The van der Waals surface area contributed by atoms with Crippen LogP contribution >= 0.6 is 15.9 Å². The lowest BCUT2D eigenvalue weighted by Gasteiger charge is -2.33. The van der Waals surface area contributed by atoms with Gasteiger partial charge in [0.25, 0.3) is 10.0 Å². The summed E-state index contributed by atoms with van der Waals surface area (Å²) in [5, 5.41) is 0. The molecule has 0 spiro atoms. The molecule has 0 atom stereocenters. The van der Waals surface area contributed by atoms with Gasteiger partial charge in [-0.25, -0.2) is 8.42 Å². The predicted molar refractivity (Wildman–Crippen MR) is 126 cm³/mol. The highest BCUT2D eigenvalue weighted by molar-refractivity contribution is 9.10. The smallest absolute Gasteiger partial charge is 0.309 e. The minimum Gasteiger partial charge on any atom is -0.466 e. The number of likely N-dealkylation sites (tertiary alicyclic amines) is 1. The number of hydrogen-bond donors (Lipinski definition) is 0. The van der Waals surface area contributed by atoms with Crippen LogP contribution in [0.15, 0.2) is 57.9 Å². The number of halogens is 1. The maximum atomic E-state index is 13.5. The van der Waals surface area contributed by atoms with E-state index < -0.39 is 10.0 Å². The van der Waals surface area contributed by atoms with E-state index in [1.807, 2.05) is 6.92 Å². The quantitative estimate of drug-likeness (QED) is 0.517. The molecule has 0 saturated carbocycles. The van der Waals surface area contributed by atoms with Crippen LogP contribution in [-0.4, -0.2) is 51.4 Å². The van der Waals surface area contributed by atoms with Crippen molar-refractivity contribution in [3.05, 3.63) is 58.6 Å². The third kappa shape index (κ3) is 5.69. The predicted octanol–water partition coefficient (Wildman–Crippen LogP) is 3.75. The molecule has 9 heteroatoms. The fraction of sp³-hybridized carbons (Fsp3) is 0.391. The Balaban J connectivity index is 1.82. The van der Waals surface area contributed by atoms with E-state index in [1.165, 1.54) is 0 Å². The van der Waals surface area contributed by atoms with Gasteiger partial charge in [0.2, 0.25) is 5.91 Å². The second kappa shape index (κ2) is 10.5. The molecule has 1 fully saturated rings. The zero-order valence-electron chi connectivity index (χ0n) is 18.2. The highest BCUT2D eigenvalue weighted by Gasteiger charge is 2.32. The zero-order chi connectivity index (χ0) is 23.3. The lowest BCUT2D eigenvalue weighted by atomic mass is 9.97. The SMILES string of the molecule is CCOC(=O)C1CCN(C(=O)CN(c2cccc(Br)c2)S(=O)(=O)c2ccc(C)cc2)CC1. The first-order valence-electron chi connectivity index (χ1n) is 10.5. The van der Waals surface area contributed by atoms with Crippen LogP contribution < -0.4 is 4.31 Å². The van der Waals surface area contributed by atoms with Crippen molar-refractivity contribution in [2.75, 3.05) is 30.5 Å². The number of piperidine rings is 1. The number of ether oxygens (including phenoxy) is 1. The van der Waals surface area contributed by atoms with Gasteiger partial charge in [0.1, 0.15) is 6.54 Å². The molecule has 0 aromatic heterocycles. The first-order valence-corrected chi connectivity index (χ1v) is 12.7. The number of benzene rings is 2. The molecule has 2 aromatic rings. The van der Waals surface area contributed by atoms with Crippen LogP contribution in [-0.2, 0) is 24.3 Å². The molecule has 0 bridgehead atoms. The lowest BCUT2D eigenvalue weighted by Crippen LogP contribution is -2.46. The van der Waals surface area contributed by atoms with Crippen LogP contribution in [0.4, 0.5) is 5.69 Å². The van der Waals surface area contributed by atoms with Crippen LogP contribution in [0, 0.1) is 12.8 Å². The number of hydrogen-bond acceptors (Lipinski definition) is 5. The summed E-state index contributed by atoms with van der Waals surface area (Å²) in [5.74, 6) is -0.767. The van der Waals surface area contributed by atoms with Gasteiger partial charge in [-0.1, -0.05) is 39.7 Å². The Labute approximate surface area is 197 Å². The summed E-state index contributed by atoms with van der Waals surface area (Å²) in [6.45, 7) is 4.43. The molecule has 0 unspecified atom stereocenters. The van der Waals surface area contributed by atoms with Gasteiger partial charge in [-0.2, -0.15) is 0 Å². The van der Waals surface area contributed by atoms with Crippen LogP contribution in [0.2, 0.25) is 0 Å². The lowest BCUT2D eigenvalue weighted by molar-refractivity contribution is -0.151. The second-order valence-electron chi connectivity index (χ2n) is 7.71. The topological polar surface area (TPSA) is 84.0 Å². The third-order valence-electron chi connectivity index (χ3n) is 5.45. The Morgan fingerprint density at radius 3 is 2.38 bits per heavy atom. The van der Waals surface area contributed by atoms with E-state index in [0.29, 0.717) is 42.7 Å². The molecular weight excluding hydrogens is 496 g/mol. The summed E-state index contributed by atoms with van der Waals surface area (Å²) in [7, 11) is -3.96. The maximum Gasteiger partial charge on any atom is 0.309 e. The molecule has 0 aliphatic carbocycles. The minimum absolute atomic E-state index is 0.122. The van der Waals surface area contributed by atoms with E-state index in [0.717, 1.165) is 9.87 Å². The molecule has 0 N–H and O–H groups in total. The number of amides is 1. The molecule has 3 rings (SSSR count). The van der Waals surface area contributed by atoms with Crippen molar-refractivity contribution >= 4 is 43.5 Å². The number of nitrogens with zero attached hydrogens (tertiary/aromatic N) is 2. The summed E-state index contributed by atoms with van der Waals surface area (Å²) in [5.41, 5.74) is 1.34. The fourth-order valence-electron chi connectivity index (χ4n) is 3.63. The molecule has 32 heavy (non-hydrogen) atoms. The minimum atomic E-state index is -3.96. The van der Waals surface area contributed by atoms with Gasteiger partial charge in [-0.15, -0.1) is 0 Å². The zero-order valence-corrected chi connectivity index (χ0v) is 20.6. The van der Waals surface area contributed by atoms with Gasteiger partial charge in [-0.3, -0.25) is 13.9 Å². The molecular formula is C23H27BrN2O5S. The fourth-order valence-corrected chi connectivity index (χ4v) is 5.42. The van der Waals surface area contributed by atoms with Crippen molar-refractivity contribution in [2.45, 2.75) is 31.6 Å². The molecule has 2 aromatic carbocycles. The Morgan fingerprint density at radius 2 is 1.78 bits per heavy atom. The Morgan fingerprint density at radius 1 is 1.12 bits per heavy atom. The Hall–Kier alpha value is -2.39. The third-order valence-corrected chi connectivity index (χ3v) is 7.73. The molecule has 1 heterocycles. The van der Waals surface area contributed by atoms with Crippen LogP contribution in [0.5, 0.6) is 0 Å². The van der Waals surface area contributed by atoms with Gasteiger partial charge < -0.3 is 9.64 Å². The second-order valence-corrected chi connectivity index (χ2v) is 10.5. The number of carbonyl (C=O) groups is 2. The Bertz CT molecular complexity index is 1060. The van der Waals surface area contributed by atoms with E-state index in [2.05, 4.69) is 15.9 Å². The maximum absolute atomic E-state index is 13.5. The number of aryl methyl sites for hydroxylation is 1. The first kappa shape index (κ1) is 24.3. The van der Waals surface area contributed by atoms with Crippen LogP contribution in [0.3, 0.4) is 0 Å². The number of sulfonamides is 1. The average Bonchev–Trinajstić information content (AvgIpc) is 2.77. The summed E-state index contributed by atoms with van der Waals surface area (Å²) in [4.78, 5) is 26.8. The molecule has 172 valence electrons. The van der Waals surface area contributed by atoms with Crippen molar-refractivity contribution in [1.29, 1.82) is 0 Å². The van der Waals surface area contributed by atoms with Crippen LogP contribution in [0.25, 0.3) is 0 Å². The normalized spacial score (nSPS) is 14.8. The summed E-state index contributed by atoms with van der Waals surface area (Å²) in [6.07, 6.45) is 1.01. The van der Waals surface area contributed by atoms with Crippen LogP contribution in [0.1, 0.15) is 25.3 Å². The largest absolute Gasteiger partial charge is 0.466 e. The number of rotatable bonds is 7. The molecule has 1 aliphatic heterocycles. The number of carbonyl (C=O) groups excluding carboxylic acids is 2. The average molecular weight is 523 g/mol. The van der Waals surface area contributed by atoms with Crippen molar-refractivity contribution in [1.82, 2.24) is 4.90 Å². The van der Waals surface area contributed by atoms with Gasteiger partial charge in [-0.05, 0) is 57.0 Å². The highest BCUT2D eigenvalue weighted by atomic mass is 79.9. The van der Waals surface area contributed by atoms with Gasteiger partial charge >= 0.3 is 5.97 Å². The highest BCUT2D eigenvalue weighted by Crippen LogP contribution is 2.27. The molecule has 7 nitrogen and oxygen atoms in total. The van der Waals surface area contributed by atoms with E-state index in [-0.39, 0.29) is 29.2 Å². The summed E-state index contributed by atoms with van der Waals surface area (Å²) >= 11 is 3.38. The van der Waals surface area contributed by atoms with Gasteiger partial charge in [0, 0.05) is 17.6 Å². The van der Waals surface area contributed by atoms with E-state index in [4.69, 9.17) is 4.74 Å². The number of esters is 1. The van der Waals surface area contributed by atoms with E-state index in [1.54, 1.807) is 60.4 Å². The number of anilines is 1. The van der Waals surface area contributed by atoms with Crippen molar-refractivity contribution in [2.24, 2.45) is 5.92 Å². The van der Waals surface area contributed by atoms with E-state index >= 15 is 0 Å². The van der Waals surface area contributed by atoms with Crippen molar-refractivity contribution in [3.63, 3.8) is 0 Å². The first-order chi connectivity index (χ1) is 15.2. The standard InChI is InChI=1S/C23H27BrN2O5S/c1-3-31-23(28)18-11-13-25(14-12-18)22(27)16-26(20-6-4-5-19(24)15-20)32(29,30)21-9-7-17(2)8-10-21/h4-10,15,18H,3,11-14,16H2,1-2H3. The molecule has 1 saturated heterocycles. The molecule has 0 radical (unpaired) electrons. The molecule has 1 amide bonds. The van der Waals surface area contributed by atoms with Crippen molar-refractivity contribution < 1.29 is 22.7 Å². The Kier molecular flexibility index (Phi) is 7.95. The van der Waals surface area contributed by atoms with Gasteiger partial charge in [0.05, 0.1) is 23.1 Å². The van der Waals surface area contributed by atoms with Crippen molar-refractivity contribution in [3.8, 4) is 0 Å². The summed E-state index contributed by atoms with van der Waals surface area (Å²) in [6, 6.07) is 13.4. The van der Waals surface area contributed by atoms with Gasteiger partial charge in [0.15, 0.2) is 0 Å². The monoisotopic (exact) mass is 522 g/mol. The van der Waals surface area contributed by atoms with E-state index in [9.17, 15) is 18.0 Å². The summed E-state index contributed by atoms with van der Waals surface area (Å²) < 4.78 is 33.9. The molecule has 1 aliphatic rings.